The molecule has 0 amide bonds. The van der Waals surface area contributed by atoms with Crippen molar-refractivity contribution >= 4 is 21.5 Å². The van der Waals surface area contributed by atoms with Crippen LogP contribution in [0.3, 0.4) is 0 Å². The van der Waals surface area contributed by atoms with Gasteiger partial charge in [0.05, 0.1) is 0 Å². The van der Waals surface area contributed by atoms with Crippen LogP contribution in [0.4, 0.5) is 0 Å². The predicted octanol–water partition coefficient (Wildman–Crippen LogP) is 8.27. The van der Waals surface area contributed by atoms with E-state index in [9.17, 15) is 0 Å². The minimum atomic E-state index is 1.10. The molecule has 0 aliphatic carbocycles. The minimum absolute atomic E-state index is 1.10. The van der Waals surface area contributed by atoms with E-state index in [1.165, 1.54) is 91.3 Å². The van der Waals surface area contributed by atoms with E-state index in [1.807, 2.05) is 0 Å². The number of hydrogen-bond donors (Lipinski definition) is 0. The van der Waals surface area contributed by atoms with E-state index in [0.717, 1.165) is 6.42 Å². The first-order valence-electron chi connectivity index (χ1n) is 10.6. The standard InChI is InChI=1S/C26H33/c1-2-3-4-5-6-7-8-9-10-11-15-22-18-14-19-25-20-23-16-12-13-17-24(23)21-26(22)25/h12-14,16-21H,1-11,15H2. The molecule has 0 aromatic heterocycles. The van der Waals surface area contributed by atoms with Gasteiger partial charge in [-0.3, -0.25) is 0 Å². The summed E-state index contributed by atoms with van der Waals surface area (Å²) in [6.45, 7) is 3.91. The van der Waals surface area contributed by atoms with Crippen molar-refractivity contribution in [2.75, 3.05) is 0 Å². The third kappa shape index (κ3) is 5.34. The molecular formula is C26H33. The van der Waals surface area contributed by atoms with Crippen LogP contribution < -0.4 is 0 Å². The predicted molar refractivity (Wildman–Crippen MR) is 117 cm³/mol. The summed E-state index contributed by atoms with van der Waals surface area (Å²) in [6, 6.07) is 20.2. The second-order valence-corrected chi connectivity index (χ2v) is 7.62. The van der Waals surface area contributed by atoms with E-state index in [0.29, 0.717) is 0 Å². The van der Waals surface area contributed by atoms with Gasteiger partial charge >= 0.3 is 0 Å². The molecule has 0 heterocycles. The van der Waals surface area contributed by atoms with Crippen molar-refractivity contribution in [3.05, 3.63) is 67.1 Å². The van der Waals surface area contributed by atoms with Crippen LogP contribution in [0, 0.1) is 6.92 Å². The number of fused-ring (bicyclic) bond motifs is 2. The Balaban J connectivity index is 1.46. The fraction of sp³-hybridized carbons (Fsp3) is 0.423. The average Bonchev–Trinajstić information content (AvgIpc) is 2.68. The lowest BCUT2D eigenvalue weighted by Crippen LogP contribution is -1.89. The maximum absolute atomic E-state index is 3.91. The highest BCUT2D eigenvalue weighted by Crippen LogP contribution is 2.26. The minimum Gasteiger partial charge on any atom is -0.0616 e. The SMILES string of the molecule is [CH2]CCCCCCCCCCCc1cccc2cc3ccccc3cc12. The van der Waals surface area contributed by atoms with Gasteiger partial charge in [-0.15, -0.1) is 0 Å². The first-order valence-corrected chi connectivity index (χ1v) is 10.6. The molecule has 26 heavy (non-hydrogen) atoms. The highest BCUT2D eigenvalue weighted by molar-refractivity contribution is 5.99. The zero-order valence-corrected chi connectivity index (χ0v) is 16.2. The van der Waals surface area contributed by atoms with Crippen LogP contribution in [0.2, 0.25) is 0 Å². The molecule has 0 aliphatic rings. The average molecular weight is 346 g/mol. The summed E-state index contributed by atoms with van der Waals surface area (Å²) < 4.78 is 0. The quantitative estimate of drug-likeness (QED) is 0.242. The molecule has 0 saturated heterocycles. The largest absolute Gasteiger partial charge is 0.0616 e. The molecule has 0 N–H and O–H groups in total. The van der Waals surface area contributed by atoms with Crippen molar-refractivity contribution in [1.29, 1.82) is 0 Å². The Hall–Kier alpha value is -1.82. The molecule has 3 aromatic rings. The molecule has 1 radical (unpaired) electrons. The Bertz CT molecular complexity index is 799. The second kappa shape index (κ2) is 10.4. The van der Waals surface area contributed by atoms with Gasteiger partial charge in [0.25, 0.3) is 0 Å². The Morgan fingerprint density at radius 1 is 0.538 bits per heavy atom. The van der Waals surface area contributed by atoms with Gasteiger partial charge in [-0.2, -0.15) is 0 Å². The zero-order valence-electron chi connectivity index (χ0n) is 16.2. The Morgan fingerprint density at radius 2 is 1.12 bits per heavy atom. The van der Waals surface area contributed by atoms with E-state index in [2.05, 4.69) is 61.5 Å². The molecule has 0 heteroatoms. The lowest BCUT2D eigenvalue weighted by molar-refractivity contribution is 0.560. The molecule has 0 bridgehead atoms. The molecule has 0 spiro atoms. The zero-order chi connectivity index (χ0) is 18.0. The highest BCUT2D eigenvalue weighted by Gasteiger charge is 2.03. The van der Waals surface area contributed by atoms with E-state index in [-0.39, 0.29) is 0 Å². The van der Waals surface area contributed by atoms with Gasteiger partial charge in [-0.25, -0.2) is 0 Å². The summed E-state index contributed by atoms with van der Waals surface area (Å²) in [7, 11) is 0. The molecular weight excluding hydrogens is 312 g/mol. The number of hydrogen-bond acceptors (Lipinski definition) is 0. The molecule has 3 rings (SSSR count). The van der Waals surface area contributed by atoms with Gasteiger partial charge in [-0.1, -0.05) is 107 Å². The van der Waals surface area contributed by atoms with Crippen molar-refractivity contribution in [3.63, 3.8) is 0 Å². The number of benzene rings is 3. The van der Waals surface area contributed by atoms with Crippen molar-refractivity contribution in [2.45, 2.75) is 70.6 Å². The summed E-state index contributed by atoms with van der Waals surface area (Å²) in [5.41, 5.74) is 1.52. The first-order chi connectivity index (χ1) is 12.9. The molecule has 137 valence electrons. The molecule has 0 unspecified atom stereocenters. The lowest BCUT2D eigenvalue weighted by atomic mass is 9.96. The van der Waals surface area contributed by atoms with Gasteiger partial charge in [-0.05, 0) is 52.1 Å². The van der Waals surface area contributed by atoms with Crippen LogP contribution >= 0.6 is 0 Å². The van der Waals surface area contributed by atoms with Crippen LogP contribution in [0.1, 0.15) is 69.8 Å². The number of unbranched alkanes of at least 4 members (excludes halogenated alkanes) is 9. The van der Waals surface area contributed by atoms with Gasteiger partial charge in [0.1, 0.15) is 0 Å². The van der Waals surface area contributed by atoms with E-state index in [1.54, 1.807) is 0 Å². The second-order valence-electron chi connectivity index (χ2n) is 7.62. The van der Waals surface area contributed by atoms with Crippen molar-refractivity contribution in [1.82, 2.24) is 0 Å². The van der Waals surface area contributed by atoms with Gasteiger partial charge < -0.3 is 0 Å². The summed E-state index contributed by atoms with van der Waals surface area (Å²) in [6.07, 6.45) is 14.7. The fourth-order valence-corrected chi connectivity index (χ4v) is 3.98. The Labute approximate surface area is 159 Å². The van der Waals surface area contributed by atoms with Crippen LogP contribution in [0.5, 0.6) is 0 Å². The van der Waals surface area contributed by atoms with Crippen molar-refractivity contribution in [3.8, 4) is 0 Å². The van der Waals surface area contributed by atoms with Gasteiger partial charge in [0.15, 0.2) is 0 Å². The summed E-state index contributed by atoms with van der Waals surface area (Å²) in [5.74, 6) is 0. The molecule has 0 aliphatic heterocycles. The normalized spacial score (nSPS) is 11.4. The van der Waals surface area contributed by atoms with Crippen LogP contribution in [0.15, 0.2) is 54.6 Å². The lowest BCUT2D eigenvalue weighted by Gasteiger charge is -2.09. The maximum Gasteiger partial charge on any atom is -0.0146 e. The van der Waals surface area contributed by atoms with Gasteiger partial charge in [0, 0.05) is 0 Å². The third-order valence-electron chi connectivity index (χ3n) is 5.53. The molecule has 0 atom stereocenters. The maximum atomic E-state index is 3.91. The first kappa shape index (κ1) is 19.0. The summed E-state index contributed by atoms with van der Waals surface area (Å²) >= 11 is 0. The Morgan fingerprint density at radius 3 is 1.81 bits per heavy atom. The van der Waals surface area contributed by atoms with Crippen molar-refractivity contribution < 1.29 is 0 Å². The molecule has 0 fully saturated rings. The van der Waals surface area contributed by atoms with E-state index < -0.39 is 0 Å². The van der Waals surface area contributed by atoms with Crippen LogP contribution in [-0.4, -0.2) is 0 Å². The fourth-order valence-electron chi connectivity index (χ4n) is 3.98. The van der Waals surface area contributed by atoms with Crippen molar-refractivity contribution in [2.24, 2.45) is 0 Å². The third-order valence-corrected chi connectivity index (χ3v) is 5.53. The van der Waals surface area contributed by atoms with Crippen LogP contribution in [-0.2, 0) is 6.42 Å². The highest BCUT2D eigenvalue weighted by atomic mass is 14.1. The van der Waals surface area contributed by atoms with Gasteiger partial charge in [0.2, 0.25) is 0 Å². The van der Waals surface area contributed by atoms with E-state index >= 15 is 0 Å². The summed E-state index contributed by atoms with van der Waals surface area (Å²) in [4.78, 5) is 0. The number of rotatable bonds is 11. The summed E-state index contributed by atoms with van der Waals surface area (Å²) in [5, 5.41) is 5.51. The van der Waals surface area contributed by atoms with E-state index in [4.69, 9.17) is 0 Å². The monoisotopic (exact) mass is 345 g/mol. The Kier molecular flexibility index (Phi) is 7.55. The molecule has 3 aromatic carbocycles. The smallest absolute Gasteiger partial charge is 0.0146 e. The topological polar surface area (TPSA) is 0 Å². The molecule has 0 saturated carbocycles. The molecule has 0 nitrogen and oxygen atoms in total. The van der Waals surface area contributed by atoms with Crippen LogP contribution in [0.25, 0.3) is 21.5 Å². The number of aryl methyl sites for hydroxylation is 1.